The maximum atomic E-state index is 12.4. The van der Waals surface area contributed by atoms with E-state index in [4.69, 9.17) is 5.11 Å². The first-order valence-corrected chi connectivity index (χ1v) is 8.85. The van der Waals surface area contributed by atoms with Gasteiger partial charge in [0.2, 0.25) is 0 Å². The standard InChI is InChI=1S/C16H14BrNO4S/c1-11-10-13(17)5-8-15(11)18-23(21,22)14-6-2-12(3-7-14)4-9-16(19)20/h2-10,18H,1H3,(H,19,20)/b9-4+. The van der Waals surface area contributed by atoms with E-state index in [1.54, 1.807) is 24.3 Å². The molecule has 0 saturated carbocycles. The second-order valence-corrected chi connectivity index (χ2v) is 7.40. The average Bonchev–Trinajstić information content (AvgIpc) is 2.48. The largest absolute Gasteiger partial charge is 0.478 e. The summed E-state index contributed by atoms with van der Waals surface area (Å²) >= 11 is 3.33. The van der Waals surface area contributed by atoms with Gasteiger partial charge in [0.1, 0.15) is 0 Å². The Kier molecular flexibility index (Phi) is 5.23. The van der Waals surface area contributed by atoms with Crippen molar-refractivity contribution in [2.45, 2.75) is 11.8 Å². The van der Waals surface area contributed by atoms with Crippen LogP contribution in [-0.4, -0.2) is 19.5 Å². The highest BCUT2D eigenvalue weighted by Crippen LogP contribution is 2.23. The first-order valence-electron chi connectivity index (χ1n) is 6.58. The van der Waals surface area contributed by atoms with Gasteiger partial charge in [-0.25, -0.2) is 13.2 Å². The van der Waals surface area contributed by atoms with E-state index in [2.05, 4.69) is 20.7 Å². The molecule has 0 aliphatic rings. The number of carboxylic acids is 1. The molecule has 0 fully saturated rings. The number of carbonyl (C=O) groups is 1. The van der Waals surface area contributed by atoms with Crippen LogP contribution in [0.5, 0.6) is 0 Å². The Morgan fingerprint density at radius 2 is 1.83 bits per heavy atom. The molecule has 23 heavy (non-hydrogen) atoms. The average molecular weight is 396 g/mol. The normalized spacial score (nSPS) is 11.6. The smallest absolute Gasteiger partial charge is 0.328 e. The fraction of sp³-hybridized carbons (Fsp3) is 0.0625. The highest BCUT2D eigenvalue weighted by molar-refractivity contribution is 9.10. The summed E-state index contributed by atoms with van der Waals surface area (Å²) < 4.78 is 28.2. The van der Waals surface area contributed by atoms with Gasteiger partial charge in [-0.05, 0) is 54.5 Å². The van der Waals surface area contributed by atoms with Gasteiger partial charge in [-0.3, -0.25) is 4.72 Å². The molecule has 0 heterocycles. The summed E-state index contributed by atoms with van der Waals surface area (Å²) in [6, 6.07) is 11.2. The number of nitrogens with one attached hydrogen (secondary N) is 1. The predicted octanol–water partition coefficient (Wildman–Crippen LogP) is 3.66. The van der Waals surface area contributed by atoms with Gasteiger partial charge >= 0.3 is 5.97 Å². The maximum Gasteiger partial charge on any atom is 0.328 e. The fourth-order valence-corrected chi connectivity index (χ4v) is 3.48. The predicted molar refractivity (Wildman–Crippen MR) is 92.8 cm³/mol. The van der Waals surface area contributed by atoms with E-state index in [0.29, 0.717) is 11.3 Å². The summed E-state index contributed by atoms with van der Waals surface area (Å²) in [5.74, 6) is -1.06. The van der Waals surface area contributed by atoms with Crippen molar-refractivity contribution in [2.75, 3.05) is 4.72 Å². The van der Waals surface area contributed by atoms with Crippen LogP contribution in [0.15, 0.2) is 57.9 Å². The van der Waals surface area contributed by atoms with E-state index in [0.717, 1.165) is 16.1 Å². The number of carboxylic acid groups (broad SMARTS) is 1. The van der Waals surface area contributed by atoms with E-state index in [-0.39, 0.29) is 4.90 Å². The van der Waals surface area contributed by atoms with Crippen LogP contribution in [0.3, 0.4) is 0 Å². The third-order valence-electron chi connectivity index (χ3n) is 3.04. The van der Waals surface area contributed by atoms with Gasteiger partial charge < -0.3 is 5.11 Å². The van der Waals surface area contributed by atoms with Crippen LogP contribution in [-0.2, 0) is 14.8 Å². The summed E-state index contributed by atoms with van der Waals surface area (Å²) in [5.41, 5.74) is 1.90. The number of aryl methyl sites for hydroxylation is 1. The van der Waals surface area contributed by atoms with Crippen LogP contribution in [0.25, 0.3) is 6.08 Å². The van der Waals surface area contributed by atoms with Gasteiger partial charge in [0.15, 0.2) is 0 Å². The number of sulfonamides is 1. The van der Waals surface area contributed by atoms with Crippen molar-refractivity contribution in [3.05, 3.63) is 64.1 Å². The third kappa shape index (κ3) is 4.67. The highest BCUT2D eigenvalue weighted by Gasteiger charge is 2.15. The lowest BCUT2D eigenvalue weighted by atomic mass is 10.2. The zero-order valence-corrected chi connectivity index (χ0v) is 14.6. The molecule has 2 N–H and O–H groups in total. The molecule has 0 aliphatic carbocycles. The molecule has 0 bridgehead atoms. The number of benzene rings is 2. The molecule has 0 radical (unpaired) electrons. The van der Waals surface area contributed by atoms with Crippen LogP contribution in [0.4, 0.5) is 5.69 Å². The summed E-state index contributed by atoms with van der Waals surface area (Å²) in [4.78, 5) is 10.6. The van der Waals surface area contributed by atoms with Gasteiger partial charge in [-0.15, -0.1) is 0 Å². The Bertz CT molecular complexity index is 858. The Morgan fingerprint density at radius 1 is 1.17 bits per heavy atom. The molecule has 2 aromatic carbocycles. The monoisotopic (exact) mass is 395 g/mol. The van der Waals surface area contributed by atoms with E-state index in [1.807, 2.05) is 13.0 Å². The van der Waals surface area contributed by atoms with Crippen molar-refractivity contribution in [2.24, 2.45) is 0 Å². The van der Waals surface area contributed by atoms with E-state index >= 15 is 0 Å². The van der Waals surface area contributed by atoms with Gasteiger partial charge in [-0.2, -0.15) is 0 Å². The van der Waals surface area contributed by atoms with Crippen LogP contribution in [0, 0.1) is 6.92 Å². The molecule has 0 aliphatic heterocycles. The minimum absolute atomic E-state index is 0.104. The Morgan fingerprint density at radius 3 is 2.39 bits per heavy atom. The Hall–Kier alpha value is -2.12. The molecule has 0 saturated heterocycles. The molecule has 120 valence electrons. The summed E-state index contributed by atoms with van der Waals surface area (Å²) in [6.45, 7) is 1.81. The number of anilines is 1. The van der Waals surface area contributed by atoms with E-state index in [9.17, 15) is 13.2 Å². The van der Waals surface area contributed by atoms with Gasteiger partial charge in [0.05, 0.1) is 10.6 Å². The molecular formula is C16H14BrNO4S. The Labute approximate surface area is 142 Å². The van der Waals surface area contributed by atoms with Crippen molar-refractivity contribution in [3.63, 3.8) is 0 Å². The first-order chi connectivity index (χ1) is 10.8. The quantitative estimate of drug-likeness (QED) is 0.756. The lowest BCUT2D eigenvalue weighted by Gasteiger charge is -2.11. The minimum Gasteiger partial charge on any atom is -0.478 e. The van der Waals surface area contributed by atoms with Gasteiger partial charge in [-0.1, -0.05) is 28.1 Å². The van der Waals surface area contributed by atoms with Crippen LogP contribution in [0.2, 0.25) is 0 Å². The first kappa shape index (κ1) is 17.2. The fourth-order valence-electron chi connectivity index (χ4n) is 1.87. The van der Waals surface area contributed by atoms with E-state index in [1.165, 1.54) is 18.2 Å². The summed E-state index contributed by atoms with van der Waals surface area (Å²) in [5, 5.41) is 8.57. The van der Waals surface area contributed by atoms with E-state index < -0.39 is 16.0 Å². The van der Waals surface area contributed by atoms with Crippen LogP contribution < -0.4 is 4.72 Å². The maximum absolute atomic E-state index is 12.4. The van der Waals surface area contributed by atoms with Crippen molar-refractivity contribution in [1.82, 2.24) is 0 Å². The molecule has 0 atom stereocenters. The minimum atomic E-state index is -3.70. The number of halogens is 1. The highest BCUT2D eigenvalue weighted by atomic mass is 79.9. The zero-order valence-electron chi connectivity index (χ0n) is 12.2. The lowest BCUT2D eigenvalue weighted by Crippen LogP contribution is -2.13. The Balaban J connectivity index is 2.24. The van der Waals surface area contributed by atoms with Gasteiger partial charge in [0.25, 0.3) is 10.0 Å². The summed E-state index contributed by atoms with van der Waals surface area (Å²) in [6.07, 6.45) is 2.39. The SMILES string of the molecule is Cc1cc(Br)ccc1NS(=O)(=O)c1ccc(/C=C/C(=O)O)cc1. The molecule has 2 rings (SSSR count). The molecule has 0 unspecified atom stereocenters. The molecular weight excluding hydrogens is 382 g/mol. The molecule has 0 aromatic heterocycles. The number of hydrogen-bond donors (Lipinski definition) is 2. The van der Waals surface area contributed by atoms with Crippen LogP contribution in [0.1, 0.15) is 11.1 Å². The molecule has 2 aromatic rings. The topological polar surface area (TPSA) is 83.5 Å². The third-order valence-corrected chi connectivity index (χ3v) is 4.92. The van der Waals surface area contributed by atoms with Crippen molar-refractivity contribution in [3.8, 4) is 0 Å². The molecule has 0 spiro atoms. The van der Waals surface area contributed by atoms with Gasteiger partial charge in [0, 0.05) is 10.5 Å². The lowest BCUT2D eigenvalue weighted by molar-refractivity contribution is -0.131. The van der Waals surface area contributed by atoms with Crippen molar-refractivity contribution >= 4 is 43.7 Å². The molecule has 0 amide bonds. The molecule has 7 heteroatoms. The van der Waals surface area contributed by atoms with Crippen molar-refractivity contribution < 1.29 is 18.3 Å². The van der Waals surface area contributed by atoms with Crippen molar-refractivity contribution in [1.29, 1.82) is 0 Å². The number of hydrogen-bond acceptors (Lipinski definition) is 3. The van der Waals surface area contributed by atoms with Crippen LogP contribution >= 0.6 is 15.9 Å². The number of rotatable bonds is 5. The number of aliphatic carboxylic acids is 1. The zero-order chi connectivity index (χ0) is 17.0. The second-order valence-electron chi connectivity index (χ2n) is 4.81. The summed E-state index contributed by atoms with van der Waals surface area (Å²) in [7, 11) is -3.70. The second kappa shape index (κ2) is 6.97. The molecule has 5 nitrogen and oxygen atoms in total.